The van der Waals surface area contributed by atoms with Gasteiger partial charge in [0.2, 0.25) is 0 Å². The summed E-state index contributed by atoms with van der Waals surface area (Å²) in [5.41, 5.74) is 2.28. The van der Waals surface area contributed by atoms with Gasteiger partial charge in [-0.1, -0.05) is 44.7 Å². The molecular weight excluding hydrogens is 188 g/mol. The number of ether oxygens (including phenoxy) is 1. The number of carbonyl (C=O) groups excluding carboxylic acids is 1. The molecule has 0 saturated heterocycles. The van der Waals surface area contributed by atoms with Gasteiger partial charge in [-0.05, 0) is 17.0 Å². The number of carbonyl (C=O) groups is 1. The van der Waals surface area contributed by atoms with E-state index in [1.165, 1.54) is 11.6 Å². The normalized spacial score (nSPS) is 10.1. The largest absolute Gasteiger partial charge is 0.458 e. The second-order valence-corrected chi connectivity index (χ2v) is 3.71. The van der Waals surface area contributed by atoms with Gasteiger partial charge in [-0.15, -0.1) is 0 Å². The number of esters is 1. The van der Waals surface area contributed by atoms with Gasteiger partial charge in [-0.2, -0.15) is 0 Å². The lowest BCUT2D eigenvalue weighted by Gasteiger charge is -2.06. The van der Waals surface area contributed by atoms with Crippen LogP contribution >= 0.6 is 0 Å². The van der Waals surface area contributed by atoms with E-state index in [0.717, 1.165) is 5.56 Å². The predicted molar refractivity (Wildman–Crippen MR) is 60.5 cm³/mol. The topological polar surface area (TPSA) is 26.3 Å². The van der Waals surface area contributed by atoms with Crippen molar-refractivity contribution >= 4 is 5.97 Å². The molecule has 15 heavy (non-hydrogen) atoms. The van der Waals surface area contributed by atoms with Gasteiger partial charge in [0, 0.05) is 6.08 Å². The Morgan fingerprint density at radius 3 is 2.47 bits per heavy atom. The molecule has 1 aromatic rings. The monoisotopic (exact) mass is 204 g/mol. The summed E-state index contributed by atoms with van der Waals surface area (Å²) in [4.78, 5) is 10.8. The van der Waals surface area contributed by atoms with Gasteiger partial charge >= 0.3 is 5.97 Å². The maximum Gasteiger partial charge on any atom is 0.330 e. The molecule has 0 aliphatic rings. The van der Waals surface area contributed by atoms with Crippen LogP contribution in [0.15, 0.2) is 36.9 Å². The SMILES string of the molecule is C=CC(=O)OCc1ccc(C(C)C)cc1. The Bertz CT molecular complexity index is 336. The number of hydrogen-bond donors (Lipinski definition) is 0. The van der Waals surface area contributed by atoms with Crippen LogP contribution in [0.25, 0.3) is 0 Å². The molecule has 0 aliphatic carbocycles. The van der Waals surface area contributed by atoms with Crippen LogP contribution in [0.3, 0.4) is 0 Å². The number of benzene rings is 1. The second-order valence-electron chi connectivity index (χ2n) is 3.71. The van der Waals surface area contributed by atoms with Crippen LogP contribution in [0.1, 0.15) is 30.9 Å². The molecule has 0 spiro atoms. The molecule has 0 aliphatic heterocycles. The van der Waals surface area contributed by atoms with Gasteiger partial charge in [0.25, 0.3) is 0 Å². The van der Waals surface area contributed by atoms with E-state index in [0.29, 0.717) is 12.5 Å². The molecule has 0 N–H and O–H groups in total. The first-order valence-corrected chi connectivity index (χ1v) is 5.01. The number of rotatable bonds is 4. The first-order valence-electron chi connectivity index (χ1n) is 5.01. The predicted octanol–water partition coefficient (Wildman–Crippen LogP) is 3.04. The van der Waals surface area contributed by atoms with Crippen LogP contribution in [0, 0.1) is 0 Å². The zero-order valence-corrected chi connectivity index (χ0v) is 9.19. The Morgan fingerprint density at radius 2 is 2.00 bits per heavy atom. The fourth-order valence-electron chi connectivity index (χ4n) is 1.21. The molecule has 80 valence electrons. The van der Waals surface area contributed by atoms with Gasteiger partial charge < -0.3 is 4.74 Å². The molecule has 0 atom stereocenters. The Hall–Kier alpha value is -1.57. The summed E-state index contributed by atoms with van der Waals surface area (Å²) < 4.78 is 4.92. The summed E-state index contributed by atoms with van der Waals surface area (Å²) in [6, 6.07) is 8.07. The average molecular weight is 204 g/mol. The van der Waals surface area contributed by atoms with Crippen LogP contribution in [0.4, 0.5) is 0 Å². The van der Waals surface area contributed by atoms with Crippen LogP contribution in [0.5, 0.6) is 0 Å². The van der Waals surface area contributed by atoms with E-state index in [1.54, 1.807) is 0 Å². The molecule has 0 unspecified atom stereocenters. The Morgan fingerprint density at radius 1 is 1.40 bits per heavy atom. The molecule has 0 radical (unpaired) electrons. The van der Waals surface area contributed by atoms with Crippen molar-refractivity contribution in [2.45, 2.75) is 26.4 Å². The molecule has 0 saturated carbocycles. The maximum atomic E-state index is 10.8. The zero-order chi connectivity index (χ0) is 11.3. The lowest BCUT2D eigenvalue weighted by atomic mass is 10.0. The van der Waals surface area contributed by atoms with Crippen molar-refractivity contribution in [1.82, 2.24) is 0 Å². The van der Waals surface area contributed by atoms with E-state index in [1.807, 2.05) is 12.1 Å². The lowest BCUT2D eigenvalue weighted by molar-refractivity contribution is -0.138. The lowest BCUT2D eigenvalue weighted by Crippen LogP contribution is -2.00. The molecule has 0 heterocycles. The highest BCUT2D eigenvalue weighted by Gasteiger charge is 2.00. The van der Waals surface area contributed by atoms with Crippen LogP contribution in [-0.2, 0) is 16.1 Å². The molecule has 2 heteroatoms. The molecule has 1 aromatic carbocycles. The van der Waals surface area contributed by atoms with Crippen molar-refractivity contribution in [2.24, 2.45) is 0 Å². The quantitative estimate of drug-likeness (QED) is 0.556. The number of hydrogen-bond acceptors (Lipinski definition) is 2. The standard InChI is InChI=1S/C13H16O2/c1-4-13(14)15-9-11-5-7-12(8-6-11)10(2)3/h4-8,10H,1,9H2,2-3H3. The molecule has 0 fully saturated rings. The average Bonchev–Trinajstić information content (AvgIpc) is 2.26. The maximum absolute atomic E-state index is 10.8. The van der Waals surface area contributed by atoms with Crippen molar-refractivity contribution < 1.29 is 9.53 Å². The first-order chi connectivity index (χ1) is 7.13. The van der Waals surface area contributed by atoms with Crippen molar-refractivity contribution in [1.29, 1.82) is 0 Å². The minimum Gasteiger partial charge on any atom is -0.458 e. The Labute approximate surface area is 90.6 Å². The van der Waals surface area contributed by atoms with E-state index >= 15 is 0 Å². The van der Waals surface area contributed by atoms with E-state index in [-0.39, 0.29) is 5.97 Å². The van der Waals surface area contributed by atoms with Gasteiger partial charge in [0.15, 0.2) is 0 Å². The third-order valence-electron chi connectivity index (χ3n) is 2.19. The summed E-state index contributed by atoms with van der Waals surface area (Å²) in [6.45, 7) is 7.94. The first kappa shape index (κ1) is 11.5. The second kappa shape index (κ2) is 5.35. The Kier molecular flexibility index (Phi) is 4.10. The van der Waals surface area contributed by atoms with E-state index in [9.17, 15) is 4.79 Å². The van der Waals surface area contributed by atoms with Gasteiger partial charge in [-0.3, -0.25) is 0 Å². The summed E-state index contributed by atoms with van der Waals surface area (Å²) in [5.74, 6) is 0.137. The third kappa shape index (κ3) is 3.58. The smallest absolute Gasteiger partial charge is 0.330 e. The zero-order valence-electron chi connectivity index (χ0n) is 9.19. The summed E-state index contributed by atoms with van der Waals surface area (Å²) in [5, 5.41) is 0. The highest BCUT2D eigenvalue weighted by Crippen LogP contribution is 2.14. The van der Waals surface area contributed by atoms with Crippen LogP contribution < -0.4 is 0 Å². The summed E-state index contributed by atoms with van der Waals surface area (Å²) >= 11 is 0. The molecule has 2 nitrogen and oxygen atoms in total. The highest BCUT2D eigenvalue weighted by molar-refractivity contribution is 5.81. The van der Waals surface area contributed by atoms with Crippen molar-refractivity contribution in [3.05, 3.63) is 48.0 Å². The fourth-order valence-corrected chi connectivity index (χ4v) is 1.21. The summed E-state index contributed by atoms with van der Waals surface area (Å²) in [7, 11) is 0. The fraction of sp³-hybridized carbons (Fsp3) is 0.308. The van der Waals surface area contributed by atoms with Crippen molar-refractivity contribution in [2.75, 3.05) is 0 Å². The summed E-state index contributed by atoms with van der Waals surface area (Å²) in [6.07, 6.45) is 1.17. The van der Waals surface area contributed by atoms with Gasteiger partial charge in [0.05, 0.1) is 0 Å². The molecule has 0 aromatic heterocycles. The van der Waals surface area contributed by atoms with Gasteiger partial charge in [-0.25, -0.2) is 4.79 Å². The van der Waals surface area contributed by atoms with Gasteiger partial charge in [0.1, 0.15) is 6.61 Å². The molecule has 0 bridgehead atoms. The molecule has 0 amide bonds. The Balaban J connectivity index is 2.57. The van der Waals surface area contributed by atoms with Crippen LogP contribution in [-0.4, -0.2) is 5.97 Å². The van der Waals surface area contributed by atoms with E-state index in [2.05, 4.69) is 32.6 Å². The van der Waals surface area contributed by atoms with Crippen molar-refractivity contribution in [3.8, 4) is 0 Å². The minimum atomic E-state index is -0.386. The minimum absolute atomic E-state index is 0.309. The van der Waals surface area contributed by atoms with E-state index in [4.69, 9.17) is 4.74 Å². The van der Waals surface area contributed by atoms with Crippen molar-refractivity contribution in [3.63, 3.8) is 0 Å². The van der Waals surface area contributed by atoms with E-state index < -0.39 is 0 Å². The van der Waals surface area contributed by atoms with Crippen LogP contribution in [0.2, 0.25) is 0 Å². The highest BCUT2D eigenvalue weighted by atomic mass is 16.5. The molecule has 1 rings (SSSR count). The third-order valence-corrected chi connectivity index (χ3v) is 2.19. The molecular formula is C13H16O2.